The number of nitrogens with one attached hydrogen (secondary N) is 1. The average molecular weight is 327 g/mol. The number of halogens is 2. The molecule has 2 rings (SSSR count). The van der Waals surface area contributed by atoms with E-state index in [0.29, 0.717) is 28.0 Å². The Morgan fingerprint density at radius 3 is 2.79 bits per heavy atom. The van der Waals surface area contributed by atoms with Crippen LogP contribution in [0.15, 0.2) is 33.5 Å². The lowest BCUT2D eigenvalue weighted by atomic mass is 10.1. The van der Waals surface area contributed by atoms with Crippen molar-refractivity contribution in [3.8, 4) is 11.3 Å². The topological polar surface area (TPSA) is 38.1 Å². The second kappa shape index (κ2) is 5.43. The van der Waals surface area contributed by atoms with Gasteiger partial charge in [0.1, 0.15) is 11.5 Å². The first-order chi connectivity index (χ1) is 8.88. The molecule has 5 heteroatoms. The van der Waals surface area contributed by atoms with Crippen molar-refractivity contribution in [2.75, 3.05) is 0 Å². The van der Waals surface area contributed by atoms with Gasteiger partial charge in [-0.15, -0.1) is 0 Å². The fourth-order valence-corrected chi connectivity index (χ4v) is 2.01. The first kappa shape index (κ1) is 14.2. The summed E-state index contributed by atoms with van der Waals surface area (Å²) < 4.78 is 19.8. The van der Waals surface area contributed by atoms with Crippen molar-refractivity contribution in [1.82, 2.24) is 10.3 Å². The molecule has 0 saturated carbocycles. The minimum Gasteiger partial charge on any atom is -0.443 e. The zero-order valence-corrected chi connectivity index (χ0v) is 12.7. The van der Waals surface area contributed by atoms with Crippen LogP contribution in [0.5, 0.6) is 0 Å². The smallest absolute Gasteiger partial charge is 0.181 e. The molecule has 0 aliphatic rings. The molecule has 3 nitrogen and oxygen atoms in total. The predicted octanol–water partition coefficient (Wildman–Crippen LogP) is 4.13. The number of rotatable bonds is 3. The molecule has 2 aromatic rings. The fourth-order valence-electron chi connectivity index (χ4n) is 1.64. The van der Waals surface area contributed by atoms with Crippen LogP contribution in [0.25, 0.3) is 11.3 Å². The van der Waals surface area contributed by atoms with E-state index < -0.39 is 0 Å². The van der Waals surface area contributed by atoms with Crippen LogP contribution in [0.4, 0.5) is 4.39 Å². The molecular formula is C14H16BrFN2O. The van der Waals surface area contributed by atoms with E-state index >= 15 is 0 Å². The molecule has 0 spiro atoms. The molecule has 0 fully saturated rings. The molecule has 0 bridgehead atoms. The quantitative estimate of drug-likeness (QED) is 0.921. The Morgan fingerprint density at radius 2 is 2.11 bits per heavy atom. The van der Waals surface area contributed by atoms with Gasteiger partial charge in [-0.1, -0.05) is 6.07 Å². The third-order valence-corrected chi connectivity index (χ3v) is 3.24. The third kappa shape index (κ3) is 3.42. The highest BCUT2D eigenvalue weighted by atomic mass is 79.9. The molecule has 0 unspecified atom stereocenters. The number of nitrogens with zero attached hydrogens (tertiary/aromatic N) is 1. The molecule has 1 heterocycles. The molecule has 0 atom stereocenters. The predicted molar refractivity (Wildman–Crippen MR) is 76.2 cm³/mol. The van der Waals surface area contributed by atoms with Gasteiger partial charge in [0.25, 0.3) is 0 Å². The molecule has 1 N–H and O–H groups in total. The number of hydrogen-bond donors (Lipinski definition) is 1. The highest BCUT2D eigenvalue weighted by molar-refractivity contribution is 9.10. The van der Waals surface area contributed by atoms with Crippen LogP contribution in [0.3, 0.4) is 0 Å². The van der Waals surface area contributed by atoms with Crippen molar-refractivity contribution in [3.63, 3.8) is 0 Å². The van der Waals surface area contributed by atoms with Gasteiger partial charge in [-0.05, 0) is 48.8 Å². The number of benzene rings is 1. The molecular weight excluding hydrogens is 311 g/mol. The van der Waals surface area contributed by atoms with Gasteiger partial charge in [0, 0.05) is 12.1 Å². The summed E-state index contributed by atoms with van der Waals surface area (Å²) in [5.74, 6) is 0.131. The normalized spacial score (nSPS) is 11.8. The molecule has 0 aliphatic carbocycles. The number of hydrogen-bond acceptors (Lipinski definition) is 3. The van der Waals surface area contributed by atoms with E-state index in [4.69, 9.17) is 4.42 Å². The van der Waals surface area contributed by atoms with Crippen LogP contribution in [-0.4, -0.2) is 10.5 Å². The van der Waals surface area contributed by atoms with Crippen molar-refractivity contribution in [2.45, 2.75) is 32.9 Å². The fraction of sp³-hybridized carbons (Fsp3) is 0.357. The van der Waals surface area contributed by atoms with Crippen LogP contribution in [0, 0.1) is 5.82 Å². The summed E-state index contributed by atoms with van der Waals surface area (Å²) in [4.78, 5) is 4.16. The zero-order chi connectivity index (χ0) is 14.0. The van der Waals surface area contributed by atoms with Gasteiger partial charge in [0.2, 0.25) is 0 Å². The second-order valence-corrected chi connectivity index (χ2v) is 6.19. The highest BCUT2D eigenvalue weighted by Crippen LogP contribution is 2.30. The van der Waals surface area contributed by atoms with Gasteiger partial charge >= 0.3 is 0 Å². The minimum atomic E-state index is -0.337. The van der Waals surface area contributed by atoms with E-state index in [1.807, 2.05) is 0 Å². The largest absolute Gasteiger partial charge is 0.443 e. The van der Waals surface area contributed by atoms with E-state index in [9.17, 15) is 4.39 Å². The van der Waals surface area contributed by atoms with E-state index in [-0.39, 0.29) is 11.4 Å². The Morgan fingerprint density at radius 1 is 1.37 bits per heavy atom. The average Bonchev–Trinajstić information content (AvgIpc) is 2.77. The first-order valence-corrected chi connectivity index (χ1v) is 6.79. The standard InChI is InChI=1S/C14H16BrFN2O/c1-14(2,3)18-7-11-13(19-8-17-11)9-5-4-6-10(15)12(9)16/h4-6,8,18H,7H2,1-3H3. The Balaban J connectivity index is 2.31. The van der Waals surface area contributed by atoms with Crippen LogP contribution in [-0.2, 0) is 6.54 Å². The van der Waals surface area contributed by atoms with Gasteiger partial charge in [-0.25, -0.2) is 9.37 Å². The third-order valence-electron chi connectivity index (χ3n) is 2.62. The SMILES string of the molecule is CC(C)(C)NCc1ncoc1-c1cccc(Br)c1F. The lowest BCUT2D eigenvalue weighted by molar-refractivity contribution is 0.421. The summed E-state index contributed by atoms with van der Waals surface area (Å²) in [6, 6.07) is 5.11. The summed E-state index contributed by atoms with van der Waals surface area (Å²) in [6.45, 7) is 6.71. The van der Waals surface area contributed by atoms with Gasteiger partial charge in [-0.2, -0.15) is 0 Å². The van der Waals surface area contributed by atoms with Gasteiger partial charge in [0.15, 0.2) is 12.2 Å². The van der Waals surface area contributed by atoms with Gasteiger partial charge in [0.05, 0.1) is 10.0 Å². The van der Waals surface area contributed by atoms with E-state index in [1.165, 1.54) is 6.39 Å². The van der Waals surface area contributed by atoms with E-state index in [2.05, 4.69) is 47.0 Å². The molecule has 0 radical (unpaired) electrons. The summed E-state index contributed by atoms with van der Waals surface area (Å²) in [5, 5.41) is 3.31. The Kier molecular flexibility index (Phi) is 4.06. The summed E-state index contributed by atoms with van der Waals surface area (Å²) in [7, 11) is 0. The maximum absolute atomic E-state index is 14.1. The van der Waals surface area contributed by atoms with Crippen molar-refractivity contribution in [3.05, 3.63) is 40.6 Å². The lowest BCUT2D eigenvalue weighted by Gasteiger charge is -2.19. The number of aromatic nitrogens is 1. The van der Waals surface area contributed by atoms with Crippen LogP contribution in [0.2, 0.25) is 0 Å². The van der Waals surface area contributed by atoms with Crippen LogP contribution >= 0.6 is 15.9 Å². The molecule has 0 amide bonds. The van der Waals surface area contributed by atoms with Crippen molar-refractivity contribution >= 4 is 15.9 Å². The van der Waals surface area contributed by atoms with Gasteiger partial charge in [-0.3, -0.25) is 0 Å². The van der Waals surface area contributed by atoms with Crippen molar-refractivity contribution in [1.29, 1.82) is 0 Å². The molecule has 0 saturated heterocycles. The second-order valence-electron chi connectivity index (χ2n) is 5.33. The minimum absolute atomic E-state index is 0.0357. The Bertz CT molecular complexity index is 575. The molecule has 19 heavy (non-hydrogen) atoms. The summed E-state index contributed by atoms with van der Waals surface area (Å²) in [6.07, 6.45) is 1.34. The Labute approximate surface area is 120 Å². The molecule has 1 aromatic carbocycles. The summed E-state index contributed by atoms with van der Waals surface area (Å²) >= 11 is 3.17. The van der Waals surface area contributed by atoms with E-state index in [1.54, 1.807) is 18.2 Å². The first-order valence-electron chi connectivity index (χ1n) is 6.00. The van der Waals surface area contributed by atoms with Crippen LogP contribution < -0.4 is 5.32 Å². The maximum Gasteiger partial charge on any atom is 0.181 e. The maximum atomic E-state index is 14.1. The lowest BCUT2D eigenvalue weighted by Crippen LogP contribution is -2.35. The van der Waals surface area contributed by atoms with Crippen molar-refractivity contribution < 1.29 is 8.81 Å². The van der Waals surface area contributed by atoms with Crippen LogP contribution in [0.1, 0.15) is 26.5 Å². The molecule has 102 valence electrons. The van der Waals surface area contributed by atoms with Crippen molar-refractivity contribution in [2.24, 2.45) is 0 Å². The Hall–Kier alpha value is -1.20. The molecule has 0 aliphatic heterocycles. The summed E-state index contributed by atoms with van der Waals surface area (Å²) in [5.41, 5.74) is 1.08. The monoisotopic (exact) mass is 326 g/mol. The van der Waals surface area contributed by atoms with E-state index in [0.717, 1.165) is 0 Å². The molecule has 1 aromatic heterocycles. The zero-order valence-electron chi connectivity index (χ0n) is 11.1. The number of oxazole rings is 1. The highest BCUT2D eigenvalue weighted by Gasteiger charge is 2.18. The van der Waals surface area contributed by atoms with Gasteiger partial charge < -0.3 is 9.73 Å².